The molecule has 0 amide bonds. The van der Waals surface area contributed by atoms with Crippen LogP contribution >= 0.6 is 11.6 Å². The van der Waals surface area contributed by atoms with Gasteiger partial charge in [-0.25, -0.2) is 4.98 Å². The van der Waals surface area contributed by atoms with Gasteiger partial charge in [0, 0.05) is 5.02 Å². The normalized spacial score (nSPS) is 10.6. The van der Waals surface area contributed by atoms with Gasteiger partial charge in [-0.1, -0.05) is 11.6 Å². The van der Waals surface area contributed by atoms with Gasteiger partial charge < -0.3 is 9.94 Å². The Morgan fingerprint density at radius 1 is 1.45 bits per heavy atom. The number of hydrogen-bond acceptors (Lipinski definition) is 2. The van der Waals surface area contributed by atoms with Crippen LogP contribution in [0.15, 0.2) is 24.5 Å². The average Bonchev–Trinajstić information content (AvgIpc) is 2.32. The Kier molecular flexibility index (Phi) is 1.26. The number of nitrogens with zero attached hydrogens (tertiary/aromatic N) is 2. The molecule has 0 aliphatic heterocycles. The monoisotopic (exact) mass is 167 g/mol. The van der Waals surface area contributed by atoms with E-state index >= 15 is 0 Å². The molecule has 0 saturated carbocycles. The van der Waals surface area contributed by atoms with Crippen molar-refractivity contribution >= 4 is 22.6 Å². The van der Waals surface area contributed by atoms with Crippen LogP contribution in [0.2, 0.25) is 5.02 Å². The quantitative estimate of drug-likeness (QED) is 0.603. The summed E-state index contributed by atoms with van der Waals surface area (Å²) in [6.07, 6.45) is 1.22. The van der Waals surface area contributed by atoms with E-state index in [1.807, 2.05) is 0 Å². The summed E-state index contributed by atoms with van der Waals surface area (Å²) in [6, 6.07) is 4.98. The smallest absolute Gasteiger partial charge is 0.0911 e. The van der Waals surface area contributed by atoms with Crippen LogP contribution in [-0.2, 0) is 0 Å². The van der Waals surface area contributed by atoms with Gasteiger partial charge in [-0.05, 0) is 18.2 Å². The molecule has 0 spiro atoms. The topological polar surface area (TPSA) is 40.9 Å². The molecule has 4 heteroatoms. The van der Waals surface area contributed by atoms with E-state index < -0.39 is 0 Å². The molecule has 0 bridgehead atoms. The van der Waals surface area contributed by atoms with Crippen LogP contribution in [0.25, 0.3) is 11.0 Å². The molecule has 11 heavy (non-hydrogen) atoms. The van der Waals surface area contributed by atoms with Crippen molar-refractivity contribution in [1.82, 2.24) is 9.71 Å². The van der Waals surface area contributed by atoms with Crippen molar-refractivity contribution in [2.24, 2.45) is 0 Å². The number of rotatable bonds is 0. The second-order valence-electron chi connectivity index (χ2n) is 2.20. The number of imidazole rings is 1. The zero-order valence-electron chi connectivity index (χ0n) is 5.49. The van der Waals surface area contributed by atoms with Crippen molar-refractivity contribution in [2.75, 3.05) is 0 Å². The zero-order chi connectivity index (χ0) is 7.84. The molecule has 1 aromatic heterocycles. The maximum Gasteiger partial charge on any atom is 0.0911 e. The third kappa shape index (κ3) is 0.935. The highest BCUT2D eigenvalue weighted by Gasteiger charge is 1.96. The van der Waals surface area contributed by atoms with Crippen LogP contribution in [0.1, 0.15) is 0 Å². The largest absolute Gasteiger partial charge is 0.805 e. The van der Waals surface area contributed by atoms with Crippen LogP contribution in [0.5, 0.6) is 0 Å². The molecule has 0 aliphatic carbocycles. The number of fused-ring (bicyclic) bond motifs is 1. The molecule has 2 aromatic rings. The summed E-state index contributed by atoms with van der Waals surface area (Å²) in [5, 5.41) is 11.5. The Morgan fingerprint density at radius 2 is 2.27 bits per heavy atom. The highest BCUT2D eigenvalue weighted by atomic mass is 35.5. The van der Waals surface area contributed by atoms with Gasteiger partial charge in [0.05, 0.1) is 17.4 Å². The van der Waals surface area contributed by atoms with Gasteiger partial charge >= 0.3 is 0 Å². The first-order valence-corrected chi connectivity index (χ1v) is 3.45. The van der Waals surface area contributed by atoms with Crippen molar-refractivity contribution < 1.29 is 0 Å². The summed E-state index contributed by atoms with van der Waals surface area (Å²) < 4.78 is 0.714. The summed E-state index contributed by atoms with van der Waals surface area (Å²) in [4.78, 5) is 3.85. The van der Waals surface area contributed by atoms with E-state index in [0.29, 0.717) is 20.8 Å². The van der Waals surface area contributed by atoms with Crippen molar-refractivity contribution in [2.45, 2.75) is 0 Å². The molecule has 56 valence electrons. The van der Waals surface area contributed by atoms with Gasteiger partial charge in [0.25, 0.3) is 0 Å². The van der Waals surface area contributed by atoms with E-state index in [4.69, 9.17) is 11.6 Å². The van der Waals surface area contributed by atoms with Crippen molar-refractivity contribution in [3.63, 3.8) is 0 Å². The molecule has 0 aliphatic rings. The van der Waals surface area contributed by atoms with Crippen molar-refractivity contribution in [3.8, 4) is 0 Å². The molecule has 3 nitrogen and oxygen atoms in total. The zero-order valence-corrected chi connectivity index (χ0v) is 6.25. The molecule has 2 rings (SSSR count). The lowest BCUT2D eigenvalue weighted by molar-refractivity contribution is 1.11. The maximum absolute atomic E-state index is 10.9. The molecule has 0 fully saturated rings. The van der Waals surface area contributed by atoms with E-state index in [1.54, 1.807) is 18.2 Å². The van der Waals surface area contributed by atoms with E-state index in [2.05, 4.69) is 4.98 Å². The molecule has 0 radical (unpaired) electrons. The summed E-state index contributed by atoms with van der Waals surface area (Å²) >= 11 is 5.68. The van der Waals surface area contributed by atoms with Crippen molar-refractivity contribution in [1.29, 1.82) is 0 Å². The highest BCUT2D eigenvalue weighted by molar-refractivity contribution is 6.31. The first kappa shape index (κ1) is 6.49. The van der Waals surface area contributed by atoms with E-state index in [-0.39, 0.29) is 0 Å². The van der Waals surface area contributed by atoms with Gasteiger partial charge in [-0.3, -0.25) is 0 Å². The Bertz CT molecular complexity index is 396. The number of halogens is 1. The van der Waals surface area contributed by atoms with Crippen LogP contribution in [0.3, 0.4) is 0 Å². The van der Waals surface area contributed by atoms with Crippen LogP contribution < -0.4 is 0 Å². The minimum atomic E-state index is 0.550. The minimum Gasteiger partial charge on any atom is -0.805 e. The van der Waals surface area contributed by atoms with Crippen LogP contribution in [0.4, 0.5) is 0 Å². The number of hydrogen-bond donors (Lipinski definition) is 0. The van der Waals surface area contributed by atoms with Crippen LogP contribution in [0, 0.1) is 5.21 Å². The fourth-order valence-corrected chi connectivity index (χ4v) is 1.13. The second kappa shape index (κ2) is 2.13. The van der Waals surface area contributed by atoms with Gasteiger partial charge in [-0.2, -0.15) is 0 Å². The lowest BCUT2D eigenvalue weighted by atomic mass is 10.3. The van der Waals surface area contributed by atoms with Gasteiger partial charge in [0.1, 0.15) is 0 Å². The van der Waals surface area contributed by atoms with Crippen molar-refractivity contribution in [3.05, 3.63) is 34.8 Å². The highest BCUT2D eigenvalue weighted by Crippen LogP contribution is 2.16. The molecule has 1 heterocycles. The maximum atomic E-state index is 10.9. The third-order valence-corrected chi connectivity index (χ3v) is 1.71. The molecule has 0 N–H and O–H groups in total. The standard InChI is InChI=1S/C7H4ClN2O/c8-5-1-2-7-6(3-5)9-4-10(7)11/h1-4H/q-1. The van der Waals surface area contributed by atoms with Gasteiger partial charge in [-0.15, -0.1) is 0 Å². The predicted molar refractivity (Wildman–Crippen MR) is 43.5 cm³/mol. The Morgan fingerprint density at radius 3 is 3.09 bits per heavy atom. The fourth-order valence-electron chi connectivity index (χ4n) is 0.963. The molecule has 0 atom stereocenters. The average molecular weight is 168 g/mol. The molecule has 1 aromatic carbocycles. The van der Waals surface area contributed by atoms with Gasteiger partial charge in [0.15, 0.2) is 0 Å². The lowest BCUT2D eigenvalue weighted by Crippen LogP contribution is -1.79. The lowest BCUT2D eigenvalue weighted by Gasteiger charge is -2.04. The van der Waals surface area contributed by atoms with Gasteiger partial charge in [0.2, 0.25) is 0 Å². The summed E-state index contributed by atoms with van der Waals surface area (Å²) in [7, 11) is 0. The third-order valence-electron chi connectivity index (χ3n) is 1.48. The summed E-state index contributed by atoms with van der Waals surface area (Å²) in [6.45, 7) is 0. The van der Waals surface area contributed by atoms with Crippen LogP contribution in [-0.4, -0.2) is 9.71 Å². The van der Waals surface area contributed by atoms with E-state index in [1.165, 1.54) is 6.33 Å². The molecule has 0 saturated heterocycles. The molecular formula is C7H4ClN2O-. The first-order valence-electron chi connectivity index (χ1n) is 3.07. The molecular weight excluding hydrogens is 164 g/mol. The minimum absolute atomic E-state index is 0.550. The Balaban J connectivity index is 2.86. The Labute approximate surface area is 67.8 Å². The predicted octanol–water partition coefficient (Wildman–Crippen LogP) is 2.04. The first-order chi connectivity index (χ1) is 5.27. The SMILES string of the molecule is [O-]n1cnc2cc(Cl)ccc21. The summed E-state index contributed by atoms with van der Waals surface area (Å²) in [5.41, 5.74) is 1.18. The Hall–Kier alpha value is -1.22. The van der Waals surface area contributed by atoms with E-state index in [0.717, 1.165) is 0 Å². The summed E-state index contributed by atoms with van der Waals surface area (Å²) in [5.74, 6) is 0. The second-order valence-corrected chi connectivity index (χ2v) is 2.64. The van der Waals surface area contributed by atoms with E-state index in [9.17, 15) is 5.21 Å². The fraction of sp³-hybridized carbons (Fsp3) is 0. The molecule has 0 unspecified atom stereocenters. The number of aromatic nitrogens is 2. The number of benzene rings is 1.